The van der Waals surface area contributed by atoms with Gasteiger partial charge < -0.3 is 5.11 Å². The van der Waals surface area contributed by atoms with E-state index in [1.807, 2.05) is 42.5 Å². The number of nitrogens with zero attached hydrogens (tertiary/aromatic N) is 1. The third-order valence-electron chi connectivity index (χ3n) is 4.03. The highest BCUT2D eigenvalue weighted by atomic mass is 35.5. The highest BCUT2D eigenvalue weighted by Crippen LogP contribution is 2.23. The van der Waals surface area contributed by atoms with E-state index in [0.29, 0.717) is 5.56 Å². The van der Waals surface area contributed by atoms with Crippen LogP contribution in [0.1, 0.15) is 27.0 Å². The molecule has 0 atom stereocenters. The van der Waals surface area contributed by atoms with Gasteiger partial charge in [0.2, 0.25) is 0 Å². The summed E-state index contributed by atoms with van der Waals surface area (Å²) in [6.45, 7) is 0. The SMILES string of the molecule is O=C(NN=Cc1ccc(C=CCc2ccccc2)cc1)c1ccc(O)c(Cl)c1. The summed E-state index contributed by atoms with van der Waals surface area (Å²) in [4.78, 5) is 12.0. The summed E-state index contributed by atoms with van der Waals surface area (Å²) in [6.07, 6.45) is 6.65. The molecule has 4 nitrogen and oxygen atoms in total. The summed E-state index contributed by atoms with van der Waals surface area (Å²) < 4.78 is 0. The van der Waals surface area contributed by atoms with Gasteiger partial charge in [-0.25, -0.2) is 5.43 Å². The largest absolute Gasteiger partial charge is 0.506 e. The molecular weight excluding hydrogens is 372 g/mol. The zero-order chi connectivity index (χ0) is 19.8. The van der Waals surface area contributed by atoms with Gasteiger partial charge in [0.15, 0.2) is 0 Å². The third-order valence-corrected chi connectivity index (χ3v) is 4.34. The molecule has 3 aromatic rings. The molecule has 0 spiro atoms. The van der Waals surface area contributed by atoms with Gasteiger partial charge in [-0.3, -0.25) is 4.79 Å². The average molecular weight is 391 g/mol. The van der Waals surface area contributed by atoms with Crippen LogP contribution in [0.4, 0.5) is 0 Å². The molecule has 0 fully saturated rings. The number of nitrogens with one attached hydrogen (secondary N) is 1. The Bertz CT molecular complexity index is 997. The lowest BCUT2D eigenvalue weighted by atomic mass is 10.1. The van der Waals surface area contributed by atoms with Crippen LogP contribution in [-0.2, 0) is 6.42 Å². The Morgan fingerprint density at radius 3 is 2.43 bits per heavy atom. The summed E-state index contributed by atoms with van der Waals surface area (Å²) in [6, 6.07) is 22.3. The number of amides is 1. The maximum absolute atomic E-state index is 12.0. The number of phenolic OH excluding ortho intramolecular Hbond substituents is 1. The molecule has 0 unspecified atom stereocenters. The van der Waals surface area contributed by atoms with Crippen molar-refractivity contribution in [3.8, 4) is 5.75 Å². The predicted octanol–water partition coefficient (Wildman–Crippen LogP) is 5.07. The fourth-order valence-corrected chi connectivity index (χ4v) is 2.70. The van der Waals surface area contributed by atoms with Crippen LogP contribution in [0, 0.1) is 0 Å². The number of phenols is 1. The second-order valence-corrected chi connectivity index (χ2v) is 6.53. The van der Waals surface area contributed by atoms with Crippen molar-refractivity contribution in [3.63, 3.8) is 0 Å². The molecule has 3 aromatic carbocycles. The van der Waals surface area contributed by atoms with Crippen molar-refractivity contribution in [2.24, 2.45) is 5.10 Å². The van der Waals surface area contributed by atoms with Gasteiger partial charge in [0.1, 0.15) is 5.75 Å². The van der Waals surface area contributed by atoms with Crippen LogP contribution in [0.2, 0.25) is 5.02 Å². The van der Waals surface area contributed by atoms with Crippen molar-refractivity contribution in [2.45, 2.75) is 6.42 Å². The Hall–Kier alpha value is -3.37. The summed E-state index contributed by atoms with van der Waals surface area (Å²) in [5.74, 6) is -0.474. The third kappa shape index (κ3) is 5.56. The van der Waals surface area contributed by atoms with Gasteiger partial charge in [0, 0.05) is 5.56 Å². The maximum Gasteiger partial charge on any atom is 0.271 e. The molecule has 1 amide bonds. The van der Waals surface area contributed by atoms with Gasteiger partial charge in [0.05, 0.1) is 11.2 Å². The summed E-state index contributed by atoms with van der Waals surface area (Å²) in [5.41, 5.74) is 5.99. The zero-order valence-corrected chi connectivity index (χ0v) is 15.8. The molecule has 0 radical (unpaired) electrons. The molecule has 0 aliphatic heterocycles. The van der Waals surface area contributed by atoms with Crippen molar-refractivity contribution in [2.75, 3.05) is 0 Å². The molecule has 140 valence electrons. The number of rotatable bonds is 6. The lowest BCUT2D eigenvalue weighted by molar-refractivity contribution is 0.0955. The van der Waals surface area contributed by atoms with Crippen LogP contribution in [0.15, 0.2) is 84.0 Å². The molecular formula is C23H19ClN2O2. The number of aromatic hydroxyl groups is 1. The van der Waals surface area contributed by atoms with Crippen LogP contribution in [0.3, 0.4) is 0 Å². The zero-order valence-electron chi connectivity index (χ0n) is 15.0. The first-order valence-corrected chi connectivity index (χ1v) is 9.12. The van der Waals surface area contributed by atoms with E-state index in [-0.39, 0.29) is 10.8 Å². The molecule has 3 rings (SSSR count). The second kappa shape index (κ2) is 9.53. The van der Waals surface area contributed by atoms with E-state index in [0.717, 1.165) is 17.5 Å². The highest BCUT2D eigenvalue weighted by molar-refractivity contribution is 6.32. The molecule has 2 N–H and O–H groups in total. The number of carbonyl (C=O) groups is 1. The van der Waals surface area contributed by atoms with Gasteiger partial charge >= 0.3 is 0 Å². The molecule has 0 heterocycles. The van der Waals surface area contributed by atoms with Gasteiger partial charge in [-0.1, -0.05) is 78.4 Å². The monoisotopic (exact) mass is 390 g/mol. The van der Waals surface area contributed by atoms with Crippen molar-refractivity contribution in [3.05, 3.63) is 106 Å². The minimum absolute atomic E-state index is 0.0698. The van der Waals surface area contributed by atoms with Crippen molar-refractivity contribution >= 4 is 29.8 Å². The van der Waals surface area contributed by atoms with Crippen LogP contribution >= 0.6 is 11.6 Å². The highest BCUT2D eigenvalue weighted by Gasteiger charge is 2.07. The normalized spacial score (nSPS) is 11.2. The lowest BCUT2D eigenvalue weighted by Gasteiger charge is -2.02. The summed E-state index contributed by atoms with van der Waals surface area (Å²) in [5, 5.41) is 13.5. The Balaban J connectivity index is 1.53. The number of allylic oxidation sites excluding steroid dienone is 1. The first kappa shape index (κ1) is 19.4. The van der Waals surface area contributed by atoms with E-state index in [1.54, 1.807) is 6.21 Å². The summed E-state index contributed by atoms with van der Waals surface area (Å²) in [7, 11) is 0. The van der Waals surface area contributed by atoms with E-state index in [2.05, 4.69) is 34.8 Å². The lowest BCUT2D eigenvalue weighted by Crippen LogP contribution is -2.17. The fourth-order valence-electron chi connectivity index (χ4n) is 2.52. The number of benzene rings is 3. The van der Waals surface area contributed by atoms with Crippen molar-refractivity contribution in [1.82, 2.24) is 5.43 Å². The van der Waals surface area contributed by atoms with E-state index >= 15 is 0 Å². The van der Waals surface area contributed by atoms with Crippen LogP contribution in [0.25, 0.3) is 6.08 Å². The molecule has 0 bridgehead atoms. The van der Waals surface area contributed by atoms with E-state index in [1.165, 1.54) is 23.8 Å². The average Bonchev–Trinajstić information content (AvgIpc) is 2.72. The predicted molar refractivity (Wildman–Crippen MR) is 114 cm³/mol. The first-order chi connectivity index (χ1) is 13.6. The van der Waals surface area contributed by atoms with Gasteiger partial charge in [-0.15, -0.1) is 0 Å². The number of hydrogen-bond donors (Lipinski definition) is 2. The molecule has 5 heteroatoms. The van der Waals surface area contributed by atoms with Gasteiger partial charge in [-0.05, 0) is 41.3 Å². The Kier molecular flexibility index (Phi) is 6.60. The Morgan fingerprint density at radius 1 is 1.00 bits per heavy atom. The van der Waals surface area contributed by atoms with Crippen molar-refractivity contribution < 1.29 is 9.90 Å². The second-order valence-electron chi connectivity index (χ2n) is 6.12. The van der Waals surface area contributed by atoms with E-state index in [9.17, 15) is 9.90 Å². The number of hydrazone groups is 1. The molecule has 0 aromatic heterocycles. The first-order valence-electron chi connectivity index (χ1n) is 8.74. The molecule has 0 aliphatic carbocycles. The number of hydrogen-bond acceptors (Lipinski definition) is 3. The fraction of sp³-hybridized carbons (Fsp3) is 0.0435. The van der Waals surface area contributed by atoms with Crippen molar-refractivity contribution in [1.29, 1.82) is 0 Å². The molecule has 0 aliphatic rings. The molecule has 0 saturated heterocycles. The Morgan fingerprint density at radius 2 is 1.71 bits per heavy atom. The standard InChI is InChI=1S/C23H19ClN2O2/c24-21-15-20(13-14-22(21)27)23(28)26-25-16-19-11-9-18(10-12-19)8-4-7-17-5-2-1-3-6-17/h1-6,8-16,27H,7H2,(H,26,28). The number of carbonyl (C=O) groups excluding carboxylic acids is 1. The molecule has 28 heavy (non-hydrogen) atoms. The smallest absolute Gasteiger partial charge is 0.271 e. The van der Waals surface area contributed by atoms with Gasteiger partial charge in [0.25, 0.3) is 5.91 Å². The maximum atomic E-state index is 12.0. The summed E-state index contributed by atoms with van der Waals surface area (Å²) >= 11 is 5.80. The molecule has 0 saturated carbocycles. The van der Waals surface area contributed by atoms with Gasteiger partial charge in [-0.2, -0.15) is 5.10 Å². The quantitative estimate of drug-likeness (QED) is 0.456. The number of halogens is 1. The van der Waals surface area contributed by atoms with Crippen LogP contribution in [0.5, 0.6) is 5.75 Å². The van der Waals surface area contributed by atoms with E-state index < -0.39 is 5.91 Å². The minimum Gasteiger partial charge on any atom is -0.506 e. The Labute approximate surface area is 168 Å². The topological polar surface area (TPSA) is 61.7 Å². The van der Waals surface area contributed by atoms with E-state index in [4.69, 9.17) is 11.6 Å². The minimum atomic E-state index is -0.404. The van der Waals surface area contributed by atoms with Crippen LogP contribution < -0.4 is 5.43 Å². The van der Waals surface area contributed by atoms with Crippen LogP contribution in [-0.4, -0.2) is 17.2 Å².